The van der Waals surface area contributed by atoms with E-state index in [0.29, 0.717) is 0 Å². The van der Waals surface area contributed by atoms with Crippen LogP contribution >= 0.6 is 0 Å². The molecule has 0 radical (unpaired) electrons. The quantitative estimate of drug-likeness (QED) is 0.460. The Bertz CT molecular complexity index is 846. The van der Waals surface area contributed by atoms with Gasteiger partial charge in [-0.25, -0.2) is 4.57 Å². The van der Waals surface area contributed by atoms with Gasteiger partial charge < -0.3 is 0 Å². The van der Waals surface area contributed by atoms with Crippen molar-refractivity contribution in [3.63, 3.8) is 0 Å². The standard InChI is InChI=1S/C20H18N/c1-14-11-19-16(12-15-7-3-4-8-17(15)19)13-18(14)20-9-5-6-10-21(20)2/h3-11,13H,12H2,1-2H3/q+1. The Hall–Kier alpha value is -2.41. The average Bonchev–Trinajstić information content (AvgIpc) is 2.85. The summed E-state index contributed by atoms with van der Waals surface area (Å²) in [5.41, 5.74) is 9.65. The lowest BCUT2D eigenvalue weighted by atomic mass is 9.96. The van der Waals surface area contributed by atoms with E-state index < -0.39 is 0 Å². The molecular weight excluding hydrogens is 254 g/mol. The van der Waals surface area contributed by atoms with Gasteiger partial charge in [-0.15, -0.1) is 0 Å². The molecule has 0 atom stereocenters. The summed E-state index contributed by atoms with van der Waals surface area (Å²) < 4.78 is 2.19. The third kappa shape index (κ3) is 1.89. The van der Waals surface area contributed by atoms with E-state index in [0.717, 1.165) is 6.42 Å². The van der Waals surface area contributed by atoms with E-state index in [1.165, 1.54) is 39.1 Å². The number of hydrogen-bond donors (Lipinski definition) is 0. The van der Waals surface area contributed by atoms with Gasteiger partial charge in [0.05, 0.1) is 0 Å². The maximum atomic E-state index is 2.38. The van der Waals surface area contributed by atoms with Crippen LogP contribution in [-0.2, 0) is 13.5 Å². The Balaban J connectivity index is 1.92. The summed E-state index contributed by atoms with van der Waals surface area (Å²) in [7, 11) is 2.11. The largest absolute Gasteiger partial charge is 0.212 e. The Morgan fingerprint density at radius 3 is 2.48 bits per heavy atom. The molecule has 0 unspecified atom stereocenters. The van der Waals surface area contributed by atoms with E-state index in [1.807, 2.05) is 0 Å². The van der Waals surface area contributed by atoms with Crippen molar-refractivity contribution in [2.45, 2.75) is 13.3 Å². The van der Waals surface area contributed by atoms with Crippen LogP contribution in [0.4, 0.5) is 0 Å². The van der Waals surface area contributed by atoms with E-state index in [-0.39, 0.29) is 0 Å². The van der Waals surface area contributed by atoms with Gasteiger partial charge >= 0.3 is 0 Å². The molecule has 0 bridgehead atoms. The van der Waals surface area contributed by atoms with E-state index in [4.69, 9.17) is 0 Å². The third-order valence-electron chi connectivity index (χ3n) is 4.47. The molecule has 3 aromatic rings. The fourth-order valence-corrected chi connectivity index (χ4v) is 3.37. The van der Waals surface area contributed by atoms with Gasteiger partial charge in [-0.1, -0.05) is 30.3 Å². The second kappa shape index (κ2) is 4.56. The number of hydrogen-bond acceptors (Lipinski definition) is 0. The number of benzene rings is 2. The summed E-state index contributed by atoms with van der Waals surface area (Å²) >= 11 is 0. The molecular formula is C20H18N+. The minimum absolute atomic E-state index is 1.05. The van der Waals surface area contributed by atoms with Crippen LogP contribution in [0.1, 0.15) is 16.7 Å². The van der Waals surface area contributed by atoms with Crippen molar-refractivity contribution in [3.05, 3.63) is 77.5 Å². The number of rotatable bonds is 1. The lowest BCUT2D eigenvalue weighted by molar-refractivity contribution is -0.660. The van der Waals surface area contributed by atoms with Crippen molar-refractivity contribution in [2.75, 3.05) is 0 Å². The van der Waals surface area contributed by atoms with Crippen molar-refractivity contribution in [1.29, 1.82) is 0 Å². The summed E-state index contributed by atoms with van der Waals surface area (Å²) in [6.45, 7) is 2.21. The molecule has 0 saturated heterocycles. The minimum atomic E-state index is 1.05. The first-order valence-corrected chi connectivity index (χ1v) is 7.41. The molecule has 1 nitrogen and oxygen atoms in total. The van der Waals surface area contributed by atoms with Crippen LogP contribution in [0.5, 0.6) is 0 Å². The normalized spacial score (nSPS) is 12.1. The maximum absolute atomic E-state index is 2.38. The van der Waals surface area contributed by atoms with Crippen LogP contribution in [0.3, 0.4) is 0 Å². The van der Waals surface area contributed by atoms with Crippen molar-refractivity contribution >= 4 is 0 Å². The number of nitrogens with zero attached hydrogens (tertiary/aromatic N) is 1. The first-order valence-electron chi connectivity index (χ1n) is 7.41. The van der Waals surface area contributed by atoms with E-state index in [9.17, 15) is 0 Å². The lowest BCUT2D eigenvalue weighted by Crippen LogP contribution is -2.30. The van der Waals surface area contributed by atoms with Gasteiger partial charge in [-0.3, -0.25) is 0 Å². The number of aryl methyl sites for hydroxylation is 2. The number of aromatic nitrogens is 1. The number of fused-ring (bicyclic) bond motifs is 3. The van der Waals surface area contributed by atoms with Crippen LogP contribution in [0.15, 0.2) is 60.8 Å². The third-order valence-corrected chi connectivity index (χ3v) is 4.47. The maximum Gasteiger partial charge on any atom is 0.212 e. The zero-order valence-corrected chi connectivity index (χ0v) is 12.4. The molecule has 102 valence electrons. The highest BCUT2D eigenvalue weighted by molar-refractivity contribution is 5.80. The van der Waals surface area contributed by atoms with E-state index in [2.05, 4.69) is 79.3 Å². The zero-order chi connectivity index (χ0) is 14.4. The molecule has 21 heavy (non-hydrogen) atoms. The van der Waals surface area contributed by atoms with Crippen LogP contribution in [0, 0.1) is 6.92 Å². The summed E-state index contributed by atoms with van der Waals surface area (Å²) in [5, 5.41) is 0. The Morgan fingerprint density at radius 2 is 1.62 bits per heavy atom. The van der Waals surface area contributed by atoms with Gasteiger partial charge in [0.15, 0.2) is 6.20 Å². The van der Waals surface area contributed by atoms with E-state index in [1.54, 1.807) is 0 Å². The van der Waals surface area contributed by atoms with Crippen LogP contribution in [0.2, 0.25) is 0 Å². The predicted molar refractivity (Wildman–Crippen MR) is 86.0 cm³/mol. The zero-order valence-electron chi connectivity index (χ0n) is 12.4. The molecule has 1 heterocycles. The second-order valence-corrected chi connectivity index (χ2v) is 5.85. The molecule has 1 aliphatic rings. The fourth-order valence-electron chi connectivity index (χ4n) is 3.37. The molecule has 1 aliphatic carbocycles. The van der Waals surface area contributed by atoms with Gasteiger partial charge in [0.2, 0.25) is 5.69 Å². The summed E-state index contributed by atoms with van der Waals surface area (Å²) in [6.07, 6.45) is 3.16. The molecule has 0 spiro atoms. The van der Waals surface area contributed by atoms with Crippen molar-refractivity contribution in [2.24, 2.45) is 7.05 Å². The van der Waals surface area contributed by atoms with Gasteiger partial charge in [0.1, 0.15) is 7.05 Å². The van der Waals surface area contributed by atoms with Gasteiger partial charge in [-0.05, 0) is 53.3 Å². The van der Waals surface area contributed by atoms with Gasteiger partial charge in [0.25, 0.3) is 0 Å². The summed E-state index contributed by atoms with van der Waals surface area (Å²) in [5.74, 6) is 0. The van der Waals surface area contributed by atoms with Gasteiger partial charge in [0, 0.05) is 17.7 Å². The molecule has 0 N–H and O–H groups in total. The first kappa shape index (κ1) is 12.3. The molecule has 0 saturated carbocycles. The fraction of sp³-hybridized carbons (Fsp3) is 0.150. The monoisotopic (exact) mass is 272 g/mol. The first-order chi connectivity index (χ1) is 10.2. The number of pyridine rings is 1. The Kier molecular flexibility index (Phi) is 2.68. The van der Waals surface area contributed by atoms with Crippen molar-refractivity contribution in [3.8, 4) is 22.4 Å². The molecule has 0 fully saturated rings. The van der Waals surface area contributed by atoms with Crippen molar-refractivity contribution < 1.29 is 4.57 Å². The predicted octanol–water partition coefficient (Wildman–Crippen LogP) is 4.06. The highest BCUT2D eigenvalue weighted by Gasteiger charge is 2.21. The molecule has 0 aliphatic heterocycles. The second-order valence-electron chi connectivity index (χ2n) is 5.85. The smallest absolute Gasteiger partial charge is 0.201 e. The van der Waals surface area contributed by atoms with Crippen LogP contribution < -0.4 is 4.57 Å². The lowest BCUT2D eigenvalue weighted by Gasteiger charge is -2.08. The highest BCUT2D eigenvalue weighted by Crippen LogP contribution is 2.39. The topological polar surface area (TPSA) is 3.88 Å². The summed E-state index contributed by atoms with van der Waals surface area (Å²) in [6, 6.07) is 19.8. The summed E-state index contributed by atoms with van der Waals surface area (Å²) in [4.78, 5) is 0. The minimum Gasteiger partial charge on any atom is -0.201 e. The SMILES string of the molecule is Cc1cc2c(cc1-c1cccc[n+]1C)Cc1ccccc1-2. The molecule has 1 aromatic heterocycles. The van der Waals surface area contributed by atoms with E-state index >= 15 is 0 Å². The van der Waals surface area contributed by atoms with Crippen LogP contribution in [0.25, 0.3) is 22.4 Å². The highest BCUT2D eigenvalue weighted by atomic mass is 14.9. The van der Waals surface area contributed by atoms with Crippen LogP contribution in [-0.4, -0.2) is 0 Å². The molecule has 4 rings (SSSR count). The van der Waals surface area contributed by atoms with Gasteiger partial charge in [-0.2, -0.15) is 0 Å². The molecule has 1 heteroatoms. The molecule has 0 amide bonds. The Morgan fingerprint density at radius 1 is 0.810 bits per heavy atom. The Labute approximate surface area is 125 Å². The average molecular weight is 272 g/mol. The molecule has 2 aromatic carbocycles. The van der Waals surface area contributed by atoms with Crippen molar-refractivity contribution in [1.82, 2.24) is 0 Å².